The maximum absolute atomic E-state index is 5.39. The molecule has 1 atom stereocenters. The third-order valence-electron chi connectivity index (χ3n) is 5.29. The number of rotatable bonds is 9. The van der Waals surface area contributed by atoms with E-state index in [1.54, 1.807) is 14.2 Å². The number of nitrogens with one attached hydrogen (secondary N) is 2. The van der Waals surface area contributed by atoms with Gasteiger partial charge in [-0.05, 0) is 70.2 Å². The van der Waals surface area contributed by atoms with Gasteiger partial charge < -0.3 is 25.0 Å². The van der Waals surface area contributed by atoms with E-state index in [0.717, 1.165) is 50.1 Å². The van der Waals surface area contributed by atoms with E-state index in [4.69, 9.17) is 14.5 Å². The van der Waals surface area contributed by atoms with Crippen LogP contribution in [0.1, 0.15) is 39.2 Å². The van der Waals surface area contributed by atoms with Gasteiger partial charge in [-0.25, -0.2) is 0 Å². The number of guanidine groups is 1. The zero-order valence-corrected chi connectivity index (χ0v) is 21.0. The minimum absolute atomic E-state index is 0. The van der Waals surface area contributed by atoms with Crippen LogP contribution in [0.4, 0.5) is 0 Å². The maximum atomic E-state index is 5.39. The topological polar surface area (TPSA) is 58.1 Å². The predicted molar refractivity (Wildman–Crippen MR) is 132 cm³/mol. The van der Waals surface area contributed by atoms with Crippen molar-refractivity contribution in [3.05, 3.63) is 23.8 Å². The first-order valence-electron chi connectivity index (χ1n) is 10.5. The highest BCUT2D eigenvalue weighted by Crippen LogP contribution is 2.27. The lowest BCUT2D eigenvalue weighted by Crippen LogP contribution is -2.42. The molecule has 1 fully saturated rings. The molecule has 0 spiro atoms. The van der Waals surface area contributed by atoms with Gasteiger partial charge in [0.25, 0.3) is 0 Å². The van der Waals surface area contributed by atoms with E-state index in [0.29, 0.717) is 12.0 Å². The van der Waals surface area contributed by atoms with E-state index in [1.165, 1.54) is 24.9 Å². The molecular weight excluding hydrogens is 479 g/mol. The number of aliphatic imine (C=N–C) groups is 1. The minimum Gasteiger partial charge on any atom is -0.493 e. The molecule has 6 nitrogen and oxygen atoms in total. The molecule has 1 aliphatic heterocycles. The molecule has 0 radical (unpaired) electrons. The average Bonchev–Trinajstić information content (AvgIpc) is 2.72. The quantitative estimate of drug-likeness (QED) is 0.298. The van der Waals surface area contributed by atoms with Gasteiger partial charge in [0.2, 0.25) is 0 Å². The Hall–Kier alpha value is -1.22. The predicted octanol–water partition coefficient (Wildman–Crippen LogP) is 3.54. The summed E-state index contributed by atoms with van der Waals surface area (Å²) in [7, 11) is 3.33. The zero-order chi connectivity index (χ0) is 20.4. The van der Waals surface area contributed by atoms with Crippen LogP contribution in [0.2, 0.25) is 0 Å². The number of likely N-dealkylation sites (tertiary alicyclic amines) is 1. The number of piperidine rings is 1. The first kappa shape index (κ1) is 25.8. The van der Waals surface area contributed by atoms with Crippen LogP contribution in [0, 0.1) is 5.92 Å². The molecule has 2 rings (SSSR count). The van der Waals surface area contributed by atoms with Gasteiger partial charge in [-0.2, -0.15) is 0 Å². The second-order valence-electron chi connectivity index (χ2n) is 7.68. The molecule has 0 saturated carbocycles. The number of hydrogen-bond donors (Lipinski definition) is 2. The molecule has 1 saturated heterocycles. The van der Waals surface area contributed by atoms with E-state index in [9.17, 15) is 0 Å². The van der Waals surface area contributed by atoms with Crippen molar-refractivity contribution in [1.82, 2.24) is 15.5 Å². The summed E-state index contributed by atoms with van der Waals surface area (Å²) in [6.45, 7) is 11.6. The smallest absolute Gasteiger partial charge is 0.191 e. The van der Waals surface area contributed by atoms with Crippen LogP contribution in [-0.4, -0.2) is 63.8 Å². The SMILES string of the molecule is CCNC(=NCC1CCCN(C(C)C)C1)NCCc1ccc(OC)c(OC)c1.I. The van der Waals surface area contributed by atoms with Crippen LogP contribution in [0.15, 0.2) is 23.2 Å². The van der Waals surface area contributed by atoms with Crippen LogP contribution in [0.25, 0.3) is 0 Å². The standard InChI is InChI=1S/C22H38N4O2.HI/c1-6-23-22(25-15-19-8-7-13-26(16-19)17(2)3)24-12-11-18-9-10-20(27-4)21(14-18)28-5;/h9-10,14,17,19H,6-8,11-13,15-16H2,1-5H3,(H2,23,24,25);1H. The zero-order valence-electron chi connectivity index (χ0n) is 18.7. The van der Waals surface area contributed by atoms with Gasteiger partial charge in [-0.15, -0.1) is 24.0 Å². The summed E-state index contributed by atoms with van der Waals surface area (Å²) in [6, 6.07) is 6.69. The summed E-state index contributed by atoms with van der Waals surface area (Å²) in [4.78, 5) is 7.42. The van der Waals surface area contributed by atoms with Gasteiger partial charge in [0.15, 0.2) is 17.5 Å². The Morgan fingerprint density at radius 2 is 1.97 bits per heavy atom. The number of hydrogen-bond acceptors (Lipinski definition) is 4. The summed E-state index contributed by atoms with van der Waals surface area (Å²) >= 11 is 0. The van der Waals surface area contributed by atoms with Crippen molar-refractivity contribution in [2.45, 2.75) is 46.1 Å². The Bertz CT molecular complexity index is 625. The molecule has 166 valence electrons. The molecule has 0 aromatic heterocycles. The first-order chi connectivity index (χ1) is 13.6. The highest BCUT2D eigenvalue weighted by molar-refractivity contribution is 14.0. The normalized spacial score (nSPS) is 17.6. The van der Waals surface area contributed by atoms with Gasteiger partial charge >= 0.3 is 0 Å². The maximum Gasteiger partial charge on any atom is 0.191 e. The Labute approximate surface area is 193 Å². The van der Waals surface area contributed by atoms with E-state index in [1.807, 2.05) is 12.1 Å². The summed E-state index contributed by atoms with van der Waals surface area (Å²) < 4.78 is 10.7. The van der Waals surface area contributed by atoms with Gasteiger partial charge in [-0.3, -0.25) is 4.99 Å². The highest BCUT2D eigenvalue weighted by Gasteiger charge is 2.21. The number of nitrogens with zero attached hydrogens (tertiary/aromatic N) is 2. The summed E-state index contributed by atoms with van der Waals surface area (Å²) in [5, 5.41) is 6.83. The van der Waals surface area contributed by atoms with E-state index >= 15 is 0 Å². The van der Waals surface area contributed by atoms with Crippen molar-refractivity contribution >= 4 is 29.9 Å². The minimum atomic E-state index is 0. The number of methoxy groups -OCH3 is 2. The van der Waals surface area contributed by atoms with Crippen LogP contribution in [0.3, 0.4) is 0 Å². The number of benzene rings is 1. The molecule has 0 amide bonds. The van der Waals surface area contributed by atoms with Crippen LogP contribution in [-0.2, 0) is 6.42 Å². The van der Waals surface area contributed by atoms with Crippen molar-refractivity contribution in [3.8, 4) is 11.5 Å². The molecule has 1 aliphatic rings. The molecule has 0 bridgehead atoms. The Balaban J connectivity index is 0.00000420. The Morgan fingerprint density at radius 3 is 2.62 bits per heavy atom. The molecule has 1 aromatic rings. The monoisotopic (exact) mass is 518 g/mol. The van der Waals surface area contributed by atoms with E-state index < -0.39 is 0 Å². The third kappa shape index (κ3) is 8.58. The summed E-state index contributed by atoms with van der Waals surface area (Å²) in [5.74, 6) is 3.09. The Kier molecular flexibility index (Phi) is 12.4. The first-order valence-corrected chi connectivity index (χ1v) is 10.5. The van der Waals surface area contributed by atoms with Crippen LogP contribution in [0.5, 0.6) is 11.5 Å². The van der Waals surface area contributed by atoms with Gasteiger partial charge in [0.1, 0.15) is 0 Å². The lowest BCUT2D eigenvalue weighted by Gasteiger charge is -2.34. The largest absolute Gasteiger partial charge is 0.493 e. The summed E-state index contributed by atoms with van der Waals surface area (Å²) in [5.41, 5.74) is 1.21. The molecule has 2 N–H and O–H groups in total. The van der Waals surface area contributed by atoms with Gasteiger partial charge in [-0.1, -0.05) is 6.07 Å². The van der Waals surface area contributed by atoms with Gasteiger partial charge in [0, 0.05) is 32.2 Å². The second kappa shape index (κ2) is 13.9. The fourth-order valence-electron chi connectivity index (χ4n) is 3.64. The fraction of sp³-hybridized carbons (Fsp3) is 0.682. The average molecular weight is 518 g/mol. The summed E-state index contributed by atoms with van der Waals surface area (Å²) in [6.07, 6.45) is 3.45. The number of halogens is 1. The molecule has 1 aromatic carbocycles. The van der Waals surface area contributed by atoms with Crippen molar-refractivity contribution in [2.24, 2.45) is 10.9 Å². The second-order valence-corrected chi connectivity index (χ2v) is 7.68. The highest BCUT2D eigenvalue weighted by atomic mass is 127. The lowest BCUT2D eigenvalue weighted by atomic mass is 9.97. The molecule has 1 unspecified atom stereocenters. The molecule has 29 heavy (non-hydrogen) atoms. The van der Waals surface area contributed by atoms with Gasteiger partial charge in [0.05, 0.1) is 14.2 Å². The Morgan fingerprint density at radius 1 is 1.21 bits per heavy atom. The number of ether oxygens (including phenoxy) is 2. The fourth-order valence-corrected chi connectivity index (χ4v) is 3.64. The molecule has 1 heterocycles. The van der Waals surface area contributed by atoms with Crippen molar-refractivity contribution in [3.63, 3.8) is 0 Å². The molecule has 7 heteroatoms. The lowest BCUT2D eigenvalue weighted by molar-refractivity contribution is 0.143. The van der Waals surface area contributed by atoms with Crippen molar-refractivity contribution in [1.29, 1.82) is 0 Å². The van der Waals surface area contributed by atoms with E-state index in [-0.39, 0.29) is 24.0 Å². The third-order valence-corrected chi connectivity index (χ3v) is 5.29. The van der Waals surface area contributed by atoms with Crippen LogP contribution < -0.4 is 20.1 Å². The van der Waals surface area contributed by atoms with Crippen LogP contribution >= 0.6 is 24.0 Å². The van der Waals surface area contributed by atoms with Crippen molar-refractivity contribution in [2.75, 3.05) is 46.9 Å². The van der Waals surface area contributed by atoms with Crippen molar-refractivity contribution < 1.29 is 9.47 Å². The molecular formula is C22H39IN4O2. The molecule has 0 aliphatic carbocycles. The van der Waals surface area contributed by atoms with E-state index in [2.05, 4.69) is 42.4 Å².